The van der Waals surface area contributed by atoms with E-state index in [9.17, 15) is 9.59 Å². The van der Waals surface area contributed by atoms with Gasteiger partial charge in [0.15, 0.2) is 0 Å². The number of amides is 2. The number of hydrogen-bond donors (Lipinski definition) is 0. The first kappa shape index (κ1) is 19.6. The van der Waals surface area contributed by atoms with Gasteiger partial charge in [0.25, 0.3) is 11.8 Å². The van der Waals surface area contributed by atoms with Crippen molar-refractivity contribution in [1.29, 1.82) is 0 Å². The van der Waals surface area contributed by atoms with Gasteiger partial charge in [-0.2, -0.15) is 0 Å². The molecule has 2 aromatic rings. The molecule has 2 aliphatic heterocycles. The number of benzene rings is 2. The van der Waals surface area contributed by atoms with E-state index in [0.29, 0.717) is 34.3 Å². The van der Waals surface area contributed by atoms with Crippen molar-refractivity contribution in [2.45, 2.75) is 17.7 Å². The van der Waals surface area contributed by atoms with Crippen LogP contribution in [0.5, 0.6) is 0 Å². The Morgan fingerprint density at radius 2 is 1.57 bits per heavy atom. The molecule has 0 atom stereocenters. The number of halogens is 2. The normalized spacial score (nSPS) is 18.5. The lowest BCUT2D eigenvalue weighted by Gasteiger charge is -2.44. The molecule has 146 valence electrons. The summed E-state index contributed by atoms with van der Waals surface area (Å²) in [6.45, 7) is 1.99. The fourth-order valence-corrected chi connectivity index (χ4v) is 5.69. The molecule has 2 aromatic carbocycles. The molecule has 7 heteroatoms. The second kappa shape index (κ2) is 7.97. The number of nitrogens with zero attached hydrogens (tertiary/aromatic N) is 2. The third kappa shape index (κ3) is 3.76. The molecular formula is C21H20Cl2N2O2S. The fraction of sp³-hybridized carbons (Fsp3) is 0.333. The van der Waals surface area contributed by atoms with Crippen LogP contribution in [0.2, 0.25) is 10.0 Å². The quantitative estimate of drug-likeness (QED) is 0.680. The summed E-state index contributed by atoms with van der Waals surface area (Å²) in [7, 11) is 0. The zero-order chi connectivity index (χ0) is 19.7. The molecule has 0 N–H and O–H groups in total. The van der Waals surface area contributed by atoms with Gasteiger partial charge in [0.1, 0.15) is 0 Å². The minimum Gasteiger partial charge on any atom is -0.338 e. The summed E-state index contributed by atoms with van der Waals surface area (Å²) in [5, 5.41) is 1.18. The lowest BCUT2D eigenvalue weighted by Crippen LogP contribution is -2.53. The second-order valence-corrected chi connectivity index (χ2v) is 9.39. The Bertz CT molecular complexity index is 896. The van der Waals surface area contributed by atoms with Crippen LogP contribution in [-0.4, -0.2) is 51.9 Å². The highest BCUT2D eigenvalue weighted by molar-refractivity contribution is 8.00. The van der Waals surface area contributed by atoms with Gasteiger partial charge in [0.05, 0.1) is 4.87 Å². The molecule has 4 nitrogen and oxygen atoms in total. The van der Waals surface area contributed by atoms with E-state index in [1.807, 2.05) is 21.6 Å². The topological polar surface area (TPSA) is 40.6 Å². The van der Waals surface area contributed by atoms with Crippen LogP contribution in [0, 0.1) is 0 Å². The molecule has 2 amide bonds. The van der Waals surface area contributed by atoms with Crippen LogP contribution in [0.1, 0.15) is 33.6 Å². The van der Waals surface area contributed by atoms with Crippen LogP contribution in [0.4, 0.5) is 0 Å². The summed E-state index contributed by atoms with van der Waals surface area (Å²) in [5.74, 6) is 0.953. The third-order valence-corrected chi connectivity index (χ3v) is 7.46. The van der Waals surface area contributed by atoms with Crippen molar-refractivity contribution in [3.63, 3.8) is 0 Å². The van der Waals surface area contributed by atoms with Gasteiger partial charge in [0.2, 0.25) is 0 Å². The van der Waals surface area contributed by atoms with Crippen molar-refractivity contribution in [1.82, 2.24) is 9.80 Å². The van der Waals surface area contributed by atoms with E-state index in [1.54, 1.807) is 48.5 Å². The van der Waals surface area contributed by atoms with E-state index in [-0.39, 0.29) is 16.7 Å². The summed E-state index contributed by atoms with van der Waals surface area (Å²) >= 11 is 13.8. The lowest BCUT2D eigenvalue weighted by molar-refractivity contribution is 0.0498. The third-order valence-electron chi connectivity index (χ3n) is 5.42. The predicted octanol–water partition coefficient (Wildman–Crippen LogP) is 4.81. The highest BCUT2D eigenvalue weighted by Gasteiger charge is 2.47. The Kier molecular flexibility index (Phi) is 5.59. The first-order chi connectivity index (χ1) is 13.5. The van der Waals surface area contributed by atoms with Gasteiger partial charge < -0.3 is 9.80 Å². The Morgan fingerprint density at radius 3 is 2.25 bits per heavy atom. The van der Waals surface area contributed by atoms with Crippen LogP contribution in [0.25, 0.3) is 0 Å². The van der Waals surface area contributed by atoms with Crippen molar-refractivity contribution in [3.8, 4) is 0 Å². The van der Waals surface area contributed by atoms with E-state index in [4.69, 9.17) is 23.2 Å². The summed E-state index contributed by atoms with van der Waals surface area (Å²) in [6, 6.07) is 14.1. The van der Waals surface area contributed by atoms with Gasteiger partial charge in [-0.05, 0) is 55.3 Å². The Morgan fingerprint density at radius 1 is 0.857 bits per heavy atom. The highest BCUT2D eigenvalue weighted by atomic mass is 35.5. The molecule has 2 fully saturated rings. The Hall–Kier alpha value is -1.69. The number of piperidine rings is 1. The molecule has 2 aliphatic rings. The van der Waals surface area contributed by atoms with E-state index in [2.05, 4.69) is 0 Å². The maximum atomic E-state index is 13.1. The van der Waals surface area contributed by atoms with Crippen molar-refractivity contribution >= 4 is 46.8 Å². The van der Waals surface area contributed by atoms with E-state index < -0.39 is 0 Å². The molecule has 2 saturated heterocycles. The fourth-order valence-electron chi connectivity index (χ4n) is 3.92. The highest BCUT2D eigenvalue weighted by Crippen LogP contribution is 2.44. The zero-order valence-electron chi connectivity index (χ0n) is 15.2. The van der Waals surface area contributed by atoms with Crippen molar-refractivity contribution in [2.75, 3.05) is 25.4 Å². The van der Waals surface area contributed by atoms with Crippen LogP contribution in [0.15, 0.2) is 48.5 Å². The smallest absolute Gasteiger partial charge is 0.254 e. The van der Waals surface area contributed by atoms with Crippen molar-refractivity contribution in [3.05, 3.63) is 69.7 Å². The Labute approximate surface area is 178 Å². The first-order valence-corrected chi connectivity index (χ1v) is 11.0. The maximum Gasteiger partial charge on any atom is 0.254 e. The Balaban J connectivity index is 1.47. The SMILES string of the molecule is O=C(c1cccc(Cl)c1)N1CCC2(CC1)SCCN2C(=O)c1ccc(Cl)cc1. The largest absolute Gasteiger partial charge is 0.338 e. The standard InChI is InChI=1S/C21H20Cl2N2O2S/c22-17-6-4-15(5-7-17)20(27)25-12-13-28-21(25)8-10-24(11-9-21)19(26)16-2-1-3-18(23)14-16/h1-7,14H,8-13H2. The lowest BCUT2D eigenvalue weighted by atomic mass is 10.00. The average molecular weight is 435 g/mol. The molecule has 2 heterocycles. The molecule has 1 spiro atoms. The number of carbonyl (C=O) groups excluding carboxylic acids is 2. The minimum absolute atomic E-state index is 0.00377. The second-order valence-electron chi connectivity index (χ2n) is 7.06. The van der Waals surface area contributed by atoms with E-state index in [1.165, 1.54) is 0 Å². The molecule has 0 bridgehead atoms. The van der Waals surface area contributed by atoms with Gasteiger partial charge >= 0.3 is 0 Å². The maximum absolute atomic E-state index is 13.1. The number of rotatable bonds is 2. The van der Waals surface area contributed by atoms with Crippen molar-refractivity contribution < 1.29 is 9.59 Å². The van der Waals surface area contributed by atoms with E-state index in [0.717, 1.165) is 25.1 Å². The zero-order valence-corrected chi connectivity index (χ0v) is 17.6. The minimum atomic E-state index is -0.234. The molecule has 0 radical (unpaired) electrons. The number of hydrogen-bond acceptors (Lipinski definition) is 3. The van der Waals surface area contributed by atoms with Gasteiger partial charge in [0, 0.05) is 46.6 Å². The predicted molar refractivity (Wildman–Crippen MR) is 114 cm³/mol. The van der Waals surface area contributed by atoms with Crippen LogP contribution < -0.4 is 0 Å². The van der Waals surface area contributed by atoms with Gasteiger partial charge in [-0.1, -0.05) is 29.3 Å². The molecule has 0 aromatic heterocycles. The average Bonchev–Trinajstić information content (AvgIpc) is 3.11. The summed E-state index contributed by atoms with van der Waals surface area (Å²) in [6.07, 6.45) is 1.53. The molecule has 28 heavy (non-hydrogen) atoms. The molecule has 4 rings (SSSR count). The van der Waals surface area contributed by atoms with Crippen LogP contribution in [-0.2, 0) is 0 Å². The van der Waals surface area contributed by atoms with Gasteiger partial charge in [-0.3, -0.25) is 9.59 Å². The van der Waals surface area contributed by atoms with Crippen LogP contribution in [0.3, 0.4) is 0 Å². The summed E-state index contributed by atoms with van der Waals surface area (Å²) < 4.78 is 0. The first-order valence-electron chi connectivity index (χ1n) is 9.25. The number of thioether (sulfide) groups is 1. The van der Waals surface area contributed by atoms with Gasteiger partial charge in [-0.15, -0.1) is 11.8 Å². The van der Waals surface area contributed by atoms with Gasteiger partial charge in [-0.25, -0.2) is 0 Å². The van der Waals surface area contributed by atoms with Crippen LogP contribution >= 0.6 is 35.0 Å². The molecule has 0 unspecified atom stereocenters. The summed E-state index contributed by atoms with van der Waals surface area (Å²) in [5.41, 5.74) is 1.26. The number of likely N-dealkylation sites (tertiary alicyclic amines) is 1. The van der Waals surface area contributed by atoms with E-state index >= 15 is 0 Å². The number of carbonyl (C=O) groups is 2. The van der Waals surface area contributed by atoms with Crippen molar-refractivity contribution in [2.24, 2.45) is 0 Å². The monoisotopic (exact) mass is 434 g/mol. The molecular weight excluding hydrogens is 415 g/mol. The molecule has 0 aliphatic carbocycles. The molecule has 0 saturated carbocycles. The summed E-state index contributed by atoms with van der Waals surface area (Å²) in [4.78, 5) is 29.5.